The summed E-state index contributed by atoms with van der Waals surface area (Å²) in [6, 6.07) is 0. The smallest absolute Gasteiger partial charge is 0.0571 e. The molecule has 1 heteroatoms. The molecular weight excluding hydrogens is 388 g/mol. The van der Waals surface area contributed by atoms with E-state index < -0.39 is 0 Å². The highest BCUT2D eigenvalue weighted by Gasteiger charge is 2.57. The molecule has 0 aromatic heterocycles. The van der Waals surface area contributed by atoms with Crippen LogP contribution in [0.5, 0.6) is 0 Å². The van der Waals surface area contributed by atoms with E-state index in [0.29, 0.717) is 28.6 Å². The number of hydrogen-bond donors (Lipinski definition) is 1. The first-order valence-electron chi connectivity index (χ1n) is 14.1. The Balaban J connectivity index is 1.57. The van der Waals surface area contributed by atoms with Crippen molar-refractivity contribution in [2.24, 2.45) is 46.3 Å². The molecule has 0 aromatic rings. The first kappa shape index (κ1) is 24.6. The molecular formula is C31H52O. The first-order chi connectivity index (χ1) is 15.1. The number of fused-ring (bicyclic) bond motifs is 4. The molecule has 32 heavy (non-hydrogen) atoms. The Bertz CT molecular complexity index is 740. The van der Waals surface area contributed by atoms with Crippen LogP contribution in [-0.2, 0) is 0 Å². The Morgan fingerprint density at radius 2 is 1.78 bits per heavy atom. The number of rotatable bonds is 6. The van der Waals surface area contributed by atoms with Gasteiger partial charge in [-0.3, -0.25) is 0 Å². The number of aliphatic hydroxyl groups excluding tert-OH is 1. The van der Waals surface area contributed by atoms with Crippen LogP contribution in [0.2, 0.25) is 0 Å². The van der Waals surface area contributed by atoms with Crippen LogP contribution in [0.15, 0.2) is 22.8 Å². The molecule has 0 radical (unpaired) electrons. The highest BCUT2D eigenvalue weighted by Crippen LogP contribution is 2.66. The molecule has 3 unspecified atom stereocenters. The van der Waals surface area contributed by atoms with Gasteiger partial charge in [-0.1, -0.05) is 57.4 Å². The third-order valence-corrected chi connectivity index (χ3v) is 10.9. The van der Waals surface area contributed by atoms with Gasteiger partial charge in [0.05, 0.1) is 6.10 Å². The minimum absolute atomic E-state index is 0.0657. The molecule has 0 amide bonds. The molecule has 4 aliphatic rings. The highest BCUT2D eigenvalue weighted by atomic mass is 16.3. The molecule has 4 aliphatic carbocycles. The van der Waals surface area contributed by atoms with Gasteiger partial charge in [0.25, 0.3) is 0 Å². The molecule has 4 rings (SSSR count). The summed E-state index contributed by atoms with van der Waals surface area (Å²) in [5.74, 6) is 4.50. The van der Waals surface area contributed by atoms with Crippen LogP contribution in [-0.4, -0.2) is 11.2 Å². The molecule has 182 valence electrons. The van der Waals surface area contributed by atoms with Gasteiger partial charge in [-0.15, -0.1) is 0 Å². The third-order valence-electron chi connectivity index (χ3n) is 10.9. The van der Waals surface area contributed by atoms with Crippen LogP contribution in [0.25, 0.3) is 0 Å². The second-order valence-electron chi connectivity index (χ2n) is 13.5. The van der Waals surface area contributed by atoms with Gasteiger partial charge in [-0.2, -0.15) is 0 Å². The largest absolute Gasteiger partial charge is 0.393 e. The molecule has 8 atom stereocenters. The Kier molecular flexibility index (Phi) is 7.09. The van der Waals surface area contributed by atoms with Crippen molar-refractivity contribution >= 4 is 0 Å². The fourth-order valence-corrected chi connectivity index (χ4v) is 9.38. The molecule has 0 bridgehead atoms. The SMILES string of the molecule is CC(C)=CCC[C@@H](C)[C@H]1CC[C@H]2C3=C(CC[C@]12C)[C@@]1(C)CCC(O)C(CC(C)C)C1CC3. The summed E-state index contributed by atoms with van der Waals surface area (Å²) >= 11 is 0. The van der Waals surface area contributed by atoms with Gasteiger partial charge < -0.3 is 5.11 Å². The van der Waals surface area contributed by atoms with E-state index >= 15 is 0 Å². The maximum absolute atomic E-state index is 10.9. The van der Waals surface area contributed by atoms with Crippen molar-refractivity contribution < 1.29 is 5.11 Å². The van der Waals surface area contributed by atoms with E-state index in [-0.39, 0.29) is 6.10 Å². The van der Waals surface area contributed by atoms with Crippen LogP contribution in [0.3, 0.4) is 0 Å². The highest BCUT2D eigenvalue weighted by molar-refractivity contribution is 5.35. The fourth-order valence-electron chi connectivity index (χ4n) is 9.38. The lowest BCUT2D eigenvalue weighted by atomic mass is 9.48. The van der Waals surface area contributed by atoms with Gasteiger partial charge in [-0.25, -0.2) is 0 Å². The fraction of sp³-hybridized carbons (Fsp3) is 0.871. The van der Waals surface area contributed by atoms with Crippen molar-refractivity contribution in [1.82, 2.24) is 0 Å². The Hall–Kier alpha value is -0.560. The summed E-state index contributed by atoms with van der Waals surface area (Å²) in [7, 11) is 0. The van der Waals surface area contributed by atoms with Crippen molar-refractivity contribution in [2.75, 3.05) is 0 Å². The second kappa shape index (κ2) is 9.24. The monoisotopic (exact) mass is 440 g/mol. The van der Waals surface area contributed by atoms with E-state index in [9.17, 15) is 5.11 Å². The summed E-state index contributed by atoms with van der Waals surface area (Å²) in [6.45, 7) is 17.0. The maximum Gasteiger partial charge on any atom is 0.0571 e. The molecule has 2 fully saturated rings. The van der Waals surface area contributed by atoms with Crippen LogP contribution in [0.1, 0.15) is 119 Å². The van der Waals surface area contributed by atoms with Crippen LogP contribution < -0.4 is 0 Å². The molecule has 0 spiro atoms. The van der Waals surface area contributed by atoms with Crippen molar-refractivity contribution in [3.05, 3.63) is 22.8 Å². The number of aliphatic hydroxyl groups is 1. The maximum atomic E-state index is 10.9. The first-order valence-corrected chi connectivity index (χ1v) is 14.1. The lowest BCUT2D eigenvalue weighted by molar-refractivity contribution is -0.0493. The summed E-state index contributed by atoms with van der Waals surface area (Å²) in [6.07, 6.45) is 16.7. The van der Waals surface area contributed by atoms with Gasteiger partial charge >= 0.3 is 0 Å². The van der Waals surface area contributed by atoms with Gasteiger partial charge in [0, 0.05) is 0 Å². The van der Waals surface area contributed by atoms with Gasteiger partial charge in [0.15, 0.2) is 0 Å². The molecule has 2 saturated carbocycles. The lowest BCUT2D eigenvalue weighted by Crippen LogP contribution is -2.50. The topological polar surface area (TPSA) is 20.2 Å². The molecule has 1 N–H and O–H groups in total. The number of hydrogen-bond acceptors (Lipinski definition) is 1. The van der Waals surface area contributed by atoms with Crippen LogP contribution >= 0.6 is 0 Å². The van der Waals surface area contributed by atoms with Crippen LogP contribution in [0, 0.1) is 46.3 Å². The Labute approximate surface area is 199 Å². The van der Waals surface area contributed by atoms with E-state index in [2.05, 4.69) is 54.5 Å². The second-order valence-corrected chi connectivity index (χ2v) is 13.5. The summed E-state index contributed by atoms with van der Waals surface area (Å²) in [5.41, 5.74) is 6.16. The van der Waals surface area contributed by atoms with Crippen LogP contribution in [0.4, 0.5) is 0 Å². The molecule has 0 saturated heterocycles. The molecule has 0 aliphatic heterocycles. The lowest BCUT2D eigenvalue weighted by Gasteiger charge is -2.57. The summed E-state index contributed by atoms with van der Waals surface area (Å²) in [5, 5.41) is 10.9. The minimum Gasteiger partial charge on any atom is -0.393 e. The number of allylic oxidation sites excluding steroid dienone is 4. The predicted octanol–water partition coefficient (Wildman–Crippen LogP) is 8.73. The average Bonchev–Trinajstić information content (AvgIpc) is 3.07. The standard InChI is InChI=1S/C31H52O/c1-20(2)9-8-10-22(5)25-13-14-26-23-11-12-27-24(19-21(3)4)29(32)16-18-31(27,7)28(23)15-17-30(25,26)6/h9,21-22,24-27,29,32H,8,10-19H2,1-7H3/t22-,24?,25-,26+,27?,29?,30-,31+/m1/s1. The van der Waals surface area contributed by atoms with E-state index in [1.807, 2.05) is 11.1 Å². The Morgan fingerprint density at radius 1 is 1.03 bits per heavy atom. The zero-order valence-corrected chi connectivity index (χ0v) is 22.3. The normalized spacial score (nSPS) is 42.3. The van der Waals surface area contributed by atoms with E-state index in [4.69, 9.17) is 0 Å². The minimum atomic E-state index is -0.0657. The van der Waals surface area contributed by atoms with E-state index in [0.717, 1.165) is 24.2 Å². The quantitative estimate of drug-likeness (QED) is 0.409. The van der Waals surface area contributed by atoms with Crippen molar-refractivity contribution in [3.63, 3.8) is 0 Å². The predicted molar refractivity (Wildman–Crippen MR) is 137 cm³/mol. The van der Waals surface area contributed by atoms with E-state index in [1.54, 1.807) is 0 Å². The van der Waals surface area contributed by atoms with Gasteiger partial charge in [-0.05, 0) is 131 Å². The zero-order valence-electron chi connectivity index (χ0n) is 22.3. The molecule has 0 heterocycles. The van der Waals surface area contributed by atoms with Crippen molar-refractivity contribution in [2.45, 2.75) is 125 Å². The third kappa shape index (κ3) is 4.18. The summed E-state index contributed by atoms with van der Waals surface area (Å²) in [4.78, 5) is 0. The molecule has 0 aromatic carbocycles. The zero-order chi connectivity index (χ0) is 23.3. The van der Waals surface area contributed by atoms with Gasteiger partial charge in [0.2, 0.25) is 0 Å². The van der Waals surface area contributed by atoms with Gasteiger partial charge in [0.1, 0.15) is 0 Å². The average molecular weight is 441 g/mol. The molecule has 1 nitrogen and oxygen atoms in total. The van der Waals surface area contributed by atoms with Crippen molar-refractivity contribution in [3.8, 4) is 0 Å². The van der Waals surface area contributed by atoms with Crippen molar-refractivity contribution in [1.29, 1.82) is 0 Å². The Morgan fingerprint density at radius 3 is 2.47 bits per heavy atom. The summed E-state index contributed by atoms with van der Waals surface area (Å²) < 4.78 is 0. The van der Waals surface area contributed by atoms with E-state index in [1.165, 1.54) is 69.8 Å².